The molecule has 0 aliphatic carbocycles. The van der Waals surface area contributed by atoms with Gasteiger partial charge in [0.1, 0.15) is 22.4 Å². The van der Waals surface area contributed by atoms with E-state index in [0.29, 0.717) is 25.0 Å². The summed E-state index contributed by atoms with van der Waals surface area (Å²) in [4.78, 5) is 3.53. The molecule has 1 fully saturated rings. The van der Waals surface area contributed by atoms with Gasteiger partial charge in [0.15, 0.2) is 0 Å². The van der Waals surface area contributed by atoms with Gasteiger partial charge in [-0.1, -0.05) is 0 Å². The number of sulfonamides is 1. The van der Waals surface area contributed by atoms with E-state index in [-0.39, 0.29) is 6.54 Å². The van der Waals surface area contributed by atoms with E-state index in [2.05, 4.69) is 10.3 Å². The van der Waals surface area contributed by atoms with Gasteiger partial charge in [-0.05, 0) is 18.2 Å². The minimum atomic E-state index is -4.18. The van der Waals surface area contributed by atoms with E-state index >= 15 is 0 Å². The molecule has 1 unspecified atom stereocenters. The monoisotopic (exact) mass is 342 g/mol. The average Bonchev–Trinajstić information content (AvgIpc) is 2.95. The van der Waals surface area contributed by atoms with Crippen LogP contribution in [0.4, 0.5) is 8.78 Å². The molecule has 0 amide bonds. The van der Waals surface area contributed by atoms with Crippen LogP contribution in [0.3, 0.4) is 0 Å². The van der Waals surface area contributed by atoms with Gasteiger partial charge in [-0.2, -0.15) is 4.31 Å². The second-order valence-electron chi connectivity index (χ2n) is 5.31. The van der Waals surface area contributed by atoms with Crippen molar-refractivity contribution in [3.63, 3.8) is 0 Å². The Bertz CT molecular complexity index is 822. The molecular formula is C14H16F2N4O2S. The van der Waals surface area contributed by atoms with Gasteiger partial charge in [-0.3, -0.25) is 0 Å². The Kier molecular flexibility index (Phi) is 4.17. The summed E-state index contributed by atoms with van der Waals surface area (Å²) in [7, 11) is -2.43. The van der Waals surface area contributed by atoms with Crippen molar-refractivity contribution in [3.05, 3.63) is 48.1 Å². The Morgan fingerprint density at radius 1 is 1.35 bits per heavy atom. The van der Waals surface area contributed by atoms with Crippen molar-refractivity contribution in [2.75, 3.05) is 19.6 Å². The van der Waals surface area contributed by atoms with Crippen molar-refractivity contribution >= 4 is 10.0 Å². The first-order valence-corrected chi connectivity index (χ1v) is 8.50. The SMILES string of the molecule is Cn1ccnc1C1CNCCN1S(=O)(=O)c1cc(F)ccc1F. The molecule has 2 heterocycles. The molecule has 3 rings (SSSR count). The number of nitrogens with one attached hydrogen (secondary N) is 1. The van der Waals surface area contributed by atoms with Gasteiger partial charge in [0.2, 0.25) is 10.0 Å². The van der Waals surface area contributed by atoms with Gasteiger partial charge in [0.05, 0.1) is 6.04 Å². The Hall–Kier alpha value is -1.84. The van der Waals surface area contributed by atoms with Crippen molar-refractivity contribution in [3.8, 4) is 0 Å². The van der Waals surface area contributed by atoms with E-state index in [4.69, 9.17) is 0 Å². The quantitative estimate of drug-likeness (QED) is 0.905. The van der Waals surface area contributed by atoms with Crippen molar-refractivity contribution in [1.29, 1.82) is 0 Å². The molecule has 1 aliphatic rings. The van der Waals surface area contributed by atoms with E-state index in [1.165, 1.54) is 4.31 Å². The summed E-state index contributed by atoms with van der Waals surface area (Å²) in [6.45, 7) is 0.925. The molecule has 6 nitrogen and oxygen atoms in total. The highest BCUT2D eigenvalue weighted by Gasteiger charge is 2.37. The fraction of sp³-hybridized carbons (Fsp3) is 0.357. The number of hydrogen-bond acceptors (Lipinski definition) is 4. The molecule has 1 N–H and O–H groups in total. The molecule has 23 heavy (non-hydrogen) atoms. The molecule has 1 aromatic heterocycles. The predicted octanol–water partition coefficient (Wildman–Crippen LogP) is 1.03. The van der Waals surface area contributed by atoms with E-state index in [1.807, 2.05) is 0 Å². The first-order valence-electron chi connectivity index (χ1n) is 7.06. The van der Waals surface area contributed by atoms with Gasteiger partial charge in [-0.25, -0.2) is 22.2 Å². The van der Waals surface area contributed by atoms with Crippen LogP contribution in [0.15, 0.2) is 35.5 Å². The van der Waals surface area contributed by atoms with Gasteiger partial charge in [-0.15, -0.1) is 0 Å². The first kappa shape index (κ1) is 16.0. The lowest BCUT2D eigenvalue weighted by molar-refractivity contribution is 0.257. The number of aryl methyl sites for hydroxylation is 1. The molecule has 0 spiro atoms. The van der Waals surface area contributed by atoms with Crippen LogP contribution in [0, 0.1) is 11.6 Å². The number of aromatic nitrogens is 2. The average molecular weight is 342 g/mol. The predicted molar refractivity (Wildman–Crippen MR) is 79.1 cm³/mol. The van der Waals surface area contributed by atoms with Crippen LogP contribution in [-0.4, -0.2) is 41.9 Å². The van der Waals surface area contributed by atoms with Crippen molar-refractivity contribution in [2.45, 2.75) is 10.9 Å². The topological polar surface area (TPSA) is 67.2 Å². The Labute approximate surface area is 132 Å². The second-order valence-corrected chi connectivity index (χ2v) is 7.17. The molecule has 0 saturated carbocycles. The number of imidazole rings is 1. The number of piperazine rings is 1. The van der Waals surface area contributed by atoms with Crippen LogP contribution < -0.4 is 5.32 Å². The molecular weight excluding hydrogens is 326 g/mol. The van der Waals surface area contributed by atoms with Crippen molar-refractivity contribution in [1.82, 2.24) is 19.2 Å². The number of benzene rings is 1. The van der Waals surface area contributed by atoms with Crippen molar-refractivity contribution in [2.24, 2.45) is 7.05 Å². The highest BCUT2D eigenvalue weighted by molar-refractivity contribution is 7.89. The van der Waals surface area contributed by atoms with Crippen molar-refractivity contribution < 1.29 is 17.2 Å². The van der Waals surface area contributed by atoms with E-state index in [1.54, 1.807) is 24.0 Å². The number of hydrogen-bond donors (Lipinski definition) is 1. The number of nitrogens with zero attached hydrogens (tertiary/aromatic N) is 3. The fourth-order valence-electron chi connectivity index (χ4n) is 2.69. The normalized spacial score (nSPS) is 19.9. The molecule has 1 saturated heterocycles. The number of rotatable bonds is 3. The van der Waals surface area contributed by atoms with Crippen LogP contribution in [0.1, 0.15) is 11.9 Å². The third-order valence-corrected chi connectivity index (χ3v) is 5.75. The van der Waals surface area contributed by atoms with Crippen LogP contribution >= 0.6 is 0 Å². The van der Waals surface area contributed by atoms with Crippen LogP contribution in [0.25, 0.3) is 0 Å². The first-order chi connectivity index (χ1) is 10.9. The van der Waals surface area contributed by atoms with Crippen LogP contribution in [0.2, 0.25) is 0 Å². The van der Waals surface area contributed by atoms with E-state index in [9.17, 15) is 17.2 Å². The molecule has 1 atom stereocenters. The maximum Gasteiger partial charge on any atom is 0.246 e. The third-order valence-electron chi connectivity index (χ3n) is 3.83. The molecule has 124 valence electrons. The summed E-state index contributed by atoms with van der Waals surface area (Å²) in [5.41, 5.74) is 0. The zero-order chi connectivity index (χ0) is 16.6. The lowest BCUT2D eigenvalue weighted by atomic mass is 10.2. The number of halogens is 2. The summed E-state index contributed by atoms with van der Waals surface area (Å²) < 4.78 is 55.9. The molecule has 1 aliphatic heterocycles. The Morgan fingerprint density at radius 2 is 2.13 bits per heavy atom. The van der Waals surface area contributed by atoms with Gasteiger partial charge in [0, 0.05) is 39.1 Å². The zero-order valence-electron chi connectivity index (χ0n) is 12.4. The van der Waals surface area contributed by atoms with Gasteiger partial charge in [0.25, 0.3) is 0 Å². The molecule has 9 heteroatoms. The smallest absolute Gasteiger partial charge is 0.246 e. The zero-order valence-corrected chi connectivity index (χ0v) is 13.2. The second kappa shape index (κ2) is 5.99. The molecule has 1 aromatic carbocycles. The maximum absolute atomic E-state index is 14.0. The van der Waals surface area contributed by atoms with E-state index < -0.39 is 32.6 Å². The van der Waals surface area contributed by atoms with Gasteiger partial charge < -0.3 is 9.88 Å². The highest BCUT2D eigenvalue weighted by atomic mass is 32.2. The maximum atomic E-state index is 14.0. The molecule has 0 bridgehead atoms. The van der Waals surface area contributed by atoms with Crippen LogP contribution in [-0.2, 0) is 17.1 Å². The lowest BCUT2D eigenvalue weighted by Gasteiger charge is -2.34. The van der Waals surface area contributed by atoms with Crippen LogP contribution in [0.5, 0.6) is 0 Å². The molecule has 2 aromatic rings. The third kappa shape index (κ3) is 2.87. The largest absolute Gasteiger partial charge is 0.337 e. The summed E-state index contributed by atoms with van der Waals surface area (Å²) in [6, 6.07) is 1.83. The van der Waals surface area contributed by atoms with E-state index in [0.717, 1.165) is 12.1 Å². The summed E-state index contributed by atoms with van der Waals surface area (Å²) >= 11 is 0. The minimum Gasteiger partial charge on any atom is -0.337 e. The molecule has 0 radical (unpaired) electrons. The minimum absolute atomic E-state index is 0.149. The summed E-state index contributed by atoms with van der Waals surface area (Å²) in [5.74, 6) is -1.23. The van der Waals surface area contributed by atoms with Gasteiger partial charge >= 0.3 is 0 Å². The standard InChI is InChI=1S/C14H16F2N4O2S/c1-19-6-5-18-14(19)12-9-17-4-7-20(12)23(21,22)13-8-10(15)2-3-11(13)16/h2-3,5-6,8,12,17H,4,7,9H2,1H3. The highest BCUT2D eigenvalue weighted by Crippen LogP contribution is 2.29. The Balaban J connectivity index is 2.06. The Morgan fingerprint density at radius 3 is 2.83 bits per heavy atom. The fourth-order valence-corrected chi connectivity index (χ4v) is 4.36. The summed E-state index contributed by atoms with van der Waals surface area (Å²) in [6.07, 6.45) is 3.27. The lowest BCUT2D eigenvalue weighted by Crippen LogP contribution is -2.49. The summed E-state index contributed by atoms with van der Waals surface area (Å²) in [5, 5.41) is 3.10.